The molecule has 0 unspecified atom stereocenters. The van der Waals surface area contributed by atoms with Gasteiger partial charge in [0.1, 0.15) is 0 Å². The van der Waals surface area contributed by atoms with Crippen molar-refractivity contribution in [2.75, 3.05) is 11.6 Å². The Hall–Kier alpha value is -0.730. The van der Waals surface area contributed by atoms with E-state index in [0.717, 1.165) is 24.3 Å². The third kappa shape index (κ3) is 3.87. The summed E-state index contributed by atoms with van der Waals surface area (Å²) >= 11 is 5.39. The highest BCUT2D eigenvalue weighted by atomic mass is 35.5. The van der Waals surface area contributed by atoms with E-state index in [1.807, 2.05) is 0 Å². The summed E-state index contributed by atoms with van der Waals surface area (Å²) in [7, 11) is -8.28. The van der Waals surface area contributed by atoms with Crippen molar-refractivity contribution in [2.45, 2.75) is 22.0 Å². The van der Waals surface area contributed by atoms with Gasteiger partial charge >= 0.3 is 5.76 Å². The van der Waals surface area contributed by atoms with Gasteiger partial charge in [-0.25, -0.2) is 16.8 Å². The summed E-state index contributed by atoms with van der Waals surface area (Å²) in [5, 5.41) is 0. The van der Waals surface area contributed by atoms with E-state index in [1.165, 1.54) is 0 Å². The normalized spacial score (nSPS) is 12.8. The van der Waals surface area contributed by atoms with Crippen molar-refractivity contribution in [2.24, 2.45) is 0 Å². The van der Waals surface area contributed by atoms with Crippen molar-refractivity contribution < 1.29 is 25.6 Å². The Morgan fingerprint density at radius 1 is 1.00 bits per heavy atom. The fourth-order valence-electron chi connectivity index (χ4n) is 1.30. The lowest BCUT2D eigenvalue weighted by Crippen LogP contribution is -2.12. The van der Waals surface area contributed by atoms with Gasteiger partial charge in [-0.2, -0.15) is 8.78 Å². The van der Waals surface area contributed by atoms with Crippen LogP contribution in [0.4, 0.5) is 8.78 Å². The fraction of sp³-hybridized carbons (Fsp3) is 0.400. The van der Waals surface area contributed by atoms with Gasteiger partial charge in [-0.05, 0) is 30.7 Å². The number of halogens is 3. The Balaban J connectivity index is 3.07. The molecule has 19 heavy (non-hydrogen) atoms. The zero-order valence-corrected chi connectivity index (χ0v) is 12.0. The van der Waals surface area contributed by atoms with E-state index in [4.69, 9.17) is 11.6 Å². The van der Waals surface area contributed by atoms with E-state index in [9.17, 15) is 25.6 Å². The Labute approximate surface area is 115 Å². The second kappa shape index (κ2) is 6.15. The van der Waals surface area contributed by atoms with Crippen LogP contribution in [0, 0.1) is 0 Å². The van der Waals surface area contributed by atoms with E-state index in [2.05, 4.69) is 0 Å². The van der Waals surface area contributed by atoms with Crippen molar-refractivity contribution in [3.05, 3.63) is 24.3 Å². The quantitative estimate of drug-likeness (QED) is 0.748. The largest absolute Gasteiger partial charge is 0.341 e. The predicted molar refractivity (Wildman–Crippen MR) is 67.0 cm³/mol. The van der Waals surface area contributed by atoms with Gasteiger partial charge in [0.05, 0.1) is 15.5 Å². The molecule has 0 aromatic heterocycles. The highest BCUT2D eigenvalue weighted by Crippen LogP contribution is 2.21. The maximum absolute atomic E-state index is 12.3. The molecule has 0 heterocycles. The van der Waals surface area contributed by atoms with Crippen molar-refractivity contribution >= 4 is 31.3 Å². The maximum atomic E-state index is 12.3. The van der Waals surface area contributed by atoms with Gasteiger partial charge < -0.3 is 0 Å². The molecule has 1 aromatic carbocycles. The van der Waals surface area contributed by atoms with Crippen LogP contribution >= 0.6 is 11.6 Å². The van der Waals surface area contributed by atoms with Gasteiger partial charge in [-0.15, -0.1) is 11.6 Å². The van der Waals surface area contributed by atoms with Crippen molar-refractivity contribution in [3.8, 4) is 0 Å². The number of rotatable bonds is 6. The van der Waals surface area contributed by atoms with Crippen LogP contribution in [0.5, 0.6) is 0 Å². The van der Waals surface area contributed by atoms with Gasteiger partial charge in [-0.3, -0.25) is 0 Å². The Bertz CT molecular complexity index is 624. The number of benzene rings is 1. The first-order chi connectivity index (χ1) is 8.71. The first kappa shape index (κ1) is 16.3. The predicted octanol–water partition coefficient (Wildman–Crippen LogP) is 2.09. The molecule has 0 aliphatic heterocycles. The van der Waals surface area contributed by atoms with Crippen molar-refractivity contribution in [1.82, 2.24) is 0 Å². The van der Waals surface area contributed by atoms with Crippen LogP contribution in [0.15, 0.2) is 34.1 Å². The minimum absolute atomic E-state index is 0.120. The lowest BCUT2D eigenvalue weighted by Gasteiger charge is -2.06. The van der Waals surface area contributed by atoms with Crippen LogP contribution in [0.2, 0.25) is 0 Å². The molecule has 0 bridgehead atoms. The lowest BCUT2D eigenvalue weighted by molar-refractivity contribution is 0.234. The molecule has 0 aliphatic rings. The van der Waals surface area contributed by atoms with Crippen LogP contribution < -0.4 is 0 Å². The van der Waals surface area contributed by atoms with Gasteiger partial charge in [0.25, 0.3) is 0 Å². The molecule has 4 nitrogen and oxygen atoms in total. The molecular weight excluding hydrogens is 322 g/mol. The van der Waals surface area contributed by atoms with E-state index in [1.54, 1.807) is 0 Å². The summed E-state index contributed by atoms with van der Waals surface area (Å²) in [4.78, 5) is -0.732. The highest BCUT2D eigenvalue weighted by molar-refractivity contribution is 7.92. The molecule has 0 saturated carbocycles. The lowest BCUT2D eigenvalue weighted by atomic mass is 10.4. The summed E-state index contributed by atoms with van der Waals surface area (Å²) < 4.78 is 70.3. The van der Waals surface area contributed by atoms with E-state index in [0.29, 0.717) is 0 Å². The second-order valence-corrected chi connectivity index (χ2v) is 8.04. The third-order valence-electron chi connectivity index (χ3n) is 2.29. The Morgan fingerprint density at radius 3 is 1.89 bits per heavy atom. The van der Waals surface area contributed by atoms with E-state index < -0.39 is 30.3 Å². The van der Waals surface area contributed by atoms with Gasteiger partial charge in [0.2, 0.25) is 9.84 Å². The molecular formula is C10H11ClF2O4S2. The highest BCUT2D eigenvalue weighted by Gasteiger charge is 2.26. The number of hydrogen-bond acceptors (Lipinski definition) is 4. The number of hydrogen-bond donors (Lipinski definition) is 0. The van der Waals surface area contributed by atoms with Gasteiger partial charge in [0, 0.05) is 5.88 Å². The summed E-state index contributed by atoms with van der Waals surface area (Å²) in [6, 6.07) is 3.71. The molecule has 0 aliphatic carbocycles. The van der Waals surface area contributed by atoms with Crippen molar-refractivity contribution in [3.63, 3.8) is 0 Å². The van der Waals surface area contributed by atoms with Gasteiger partial charge in [0.15, 0.2) is 9.84 Å². The summed E-state index contributed by atoms with van der Waals surface area (Å²) in [6.45, 7) is 0. The zero-order chi connectivity index (χ0) is 14.7. The molecule has 1 aromatic rings. The Kier molecular flexibility index (Phi) is 5.28. The average Bonchev–Trinajstić information content (AvgIpc) is 2.36. The third-order valence-corrected chi connectivity index (χ3v) is 5.77. The molecule has 0 radical (unpaired) electrons. The van der Waals surface area contributed by atoms with E-state index in [-0.39, 0.29) is 22.9 Å². The van der Waals surface area contributed by atoms with Crippen LogP contribution in [-0.4, -0.2) is 34.2 Å². The van der Waals surface area contributed by atoms with E-state index >= 15 is 0 Å². The minimum Gasteiger partial charge on any atom is -0.224 e. The smallest absolute Gasteiger partial charge is 0.224 e. The molecule has 9 heteroatoms. The first-order valence-corrected chi connectivity index (χ1v) is 8.86. The monoisotopic (exact) mass is 332 g/mol. The topological polar surface area (TPSA) is 68.3 Å². The molecule has 0 atom stereocenters. The number of sulfone groups is 2. The summed E-state index contributed by atoms with van der Waals surface area (Å²) in [5.74, 6) is -3.54. The number of alkyl halides is 3. The Morgan fingerprint density at radius 2 is 1.47 bits per heavy atom. The van der Waals surface area contributed by atoms with Crippen LogP contribution in [0.25, 0.3) is 0 Å². The molecule has 0 N–H and O–H groups in total. The molecule has 0 amide bonds. The van der Waals surface area contributed by atoms with Crippen LogP contribution in [0.1, 0.15) is 6.42 Å². The molecule has 0 spiro atoms. The first-order valence-electron chi connectivity index (χ1n) is 5.12. The molecule has 1 rings (SSSR count). The minimum atomic E-state index is -4.71. The van der Waals surface area contributed by atoms with Gasteiger partial charge in [-0.1, -0.05) is 0 Å². The zero-order valence-electron chi connectivity index (χ0n) is 9.59. The molecule has 0 fully saturated rings. The SMILES string of the molecule is O=S(=O)(CCCCl)c1ccc(S(=O)(=O)C(F)F)cc1. The average molecular weight is 333 g/mol. The standard InChI is InChI=1S/C10H11ClF2O4S2/c11-6-1-7-18(14,15)8-2-4-9(5-3-8)19(16,17)10(12)13/h2-5,10H,1,6-7H2. The molecule has 108 valence electrons. The second-order valence-electron chi connectivity index (χ2n) is 3.64. The summed E-state index contributed by atoms with van der Waals surface area (Å²) in [5.41, 5.74) is 0. The van der Waals surface area contributed by atoms with Crippen LogP contribution in [0.3, 0.4) is 0 Å². The maximum Gasteiger partial charge on any atom is 0.341 e. The van der Waals surface area contributed by atoms with Crippen LogP contribution in [-0.2, 0) is 19.7 Å². The molecule has 0 saturated heterocycles. The summed E-state index contributed by atoms with van der Waals surface area (Å²) in [6.07, 6.45) is 0.251. The fourth-order valence-corrected chi connectivity index (χ4v) is 3.63. The van der Waals surface area contributed by atoms with Crippen molar-refractivity contribution in [1.29, 1.82) is 0 Å².